The number of alkyl halides is 1. The fourth-order valence-electron chi connectivity index (χ4n) is 0.767. The molecule has 0 aromatic carbocycles. The highest BCUT2D eigenvalue weighted by Gasteiger charge is 2.10. The molecule has 0 bridgehead atoms. The molecule has 0 aliphatic heterocycles. The van der Waals surface area contributed by atoms with Gasteiger partial charge in [0.1, 0.15) is 4.88 Å². The number of rotatable bonds is 2. The van der Waals surface area contributed by atoms with E-state index in [1.807, 2.05) is 18.4 Å². The Kier molecular flexibility index (Phi) is 3.29. The first-order chi connectivity index (χ1) is 5.65. The van der Waals surface area contributed by atoms with Crippen molar-refractivity contribution in [3.05, 3.63) is 21.9 Å². The molecule has 4 heteroatoms. The standard InChI is InChI=1S/C8H9BrO2S/c1-5(9)6-3-7(12-4-6)8(10)11-2/h3-5H,1-2H3. The van der Waals surface area contributed by atoms with Crippen LogP contribution in [0.4, 0.5) is 0 Å². The molecule has 0 aliphatic carbocycles. The molecule has 1 atom stereocenters. The van der Waals surface area contributed by atoms with Gasteiger partial charge in [0.05, 0.1) is 7.11 Å². The Morgan fingerprint density at radius 2 is 2.42 bits per heavy atom. The molecule has 1 aromatic heterocycles. The van der Waals surface area contributed by atoms with Crippen LogP contribution in [0.1, 0.15) is 27.0 Å². The second-order valence-electron chi connectivity index (χ2n) is 2.35. The van der Waals surface area contributed by atoms with Gasteiger partial charge in [-0.1, -0.05) is 15.9 Å². The summed E-state index contributed by atoms with van der Waals surface area (Å²) >= 11 is 4.83. The van der Waals surface area contributed by atoms with Crippen LogP contribution in [0.15, 0.2) is 11.4 Å². The van der Waals surface area contributed by atoms with Crippen LogP contribution < -0.4 is 0 Å². The van der Waals surface area contributed by atoms with Gasteiger partial charge >= 0.3 is 5.97 Å². The largest absolute Gasteiger partial charge is 0.465 e. The first-order valence-corrected chi connectivity index (χ1v) is 5.25. The van der Waals surface area contributed by atoms with Crippen molar-refractivity contribution in [2.45, 2.75) is 11.8 Å². The Morgan fingerprint density at radius 3 is 2.83 bits per heavy atom. The van der Waals surface area contributed by atoms with Crippen LogP contribution in [0.3, 0.4) is 0 Å². The van der Waals surface area contributed by atoms with E-state index < -0.39 is 0 Å². The van der Waals surface area contributed by atoms with Crippen LogP contribution >= 0.6 is 27.3 Å². The van der Waals surface area contributed by atoms with Crippen LogP contribution in [0.25, 0.3) is 0 Å². The lowest BCUT2D eigenvalue weighted by molar-refractivity contribution is 0.0606. The third-order valence-electron chi connectivity index (χ3n) is 1.47. The summed E-state index contributed by atoms with van der Waals surface area (Å²) in [5.41, 5.74) is 1.11. The molecule has 1 rings (SSSR count). The molecule has 1 heterocycles. The summed E-state index contributed by atoms with van der Waals surface area (Å²) in [6.07, 6.45) is 0. The van der Waals surface area contributed by atoms with E-state index in [0.29, 0.717) is 4.88 Å². The molecule has 0 aliphatic rings. The average Bonchev–Trinajstić information content (AvgIpc) is 2.51. The van der Waals surface area contributed by atoms with Gasteiger partial charge in [-0.15, -0.1) is 11.3 Å². The number of carbonyl (C=O) groups excluding carboxylic acids is 1. The van der Waals surface area contributed by atoms with Crippen molar-refractivity contribution < 1.29 is 9.53 Å². The van der Waals surface area contributed by atoms with Gasteiger partial charge in [-0.25, -0.2) is 4.79 Å². The van der Waals surface area contributed by atoms with Crippen molar-refractivity contribution in [2.24, 2.45) is 0 Å². The highest BCUT2D eigenvalue weighted by Crippen LogP contribution is 2.26. The number of hydrogen-bond acceptors (Lipinski definition) is 3. The number of thiophene rings is 1. The van der Waals surface area contributed by atoms with Crippen LogP contribution in [-0.2, 0) is 4.74 Å². The summed E-state index contributed by atoms with van der Waals surface area (Å²) in [7, 11) is 1.39. The van der Waals surface area contributed by atoms with E-state index in [2.05, 4.69) is 20.7 Å². The molecule has 1 aromatic rings. The third-order valence-corrected chi connectivity index (χ3v) is 2.92. The molecule has 66 valence electrons. The van der Waals surface area contributed by atoms with Gasteiger partial charge in [0.15, 0.2) is 0 Å². The van der Waals surface area contributed by atoms with Crippen LogP contribution in [-0.4, -0.2) is 13.1 Å². The predicted octanol–water partition coefficient (Wildman–Crippen LogP) is 2.99. The minimum atomic E-state index is -0.264. The molecule has 0 fully saturated rings. The van der Waals surface area contributed by atoms with Gasteiger partial charge in [0.25, 0.3) is 0 Å². The molecule has 0 N–H and O–H groups in total. The minimum absolute atomic E-state index is 0.264. The van der Waals surface area contributed by atoms with E-state index in [4.69, 9.17) is 0 Å². The molecule has 0 spiro atoms. The summed E-state index contributed by atoms with van der Waals surface area (Å²) in [6.45, 7) is 2.02. The van der Waals surface area contributed by atoms with Crippen LogP contribution in [0.2, 0.25) is 0 Å². The average molecular weight is 249 g/mol. The first-order valence-electron chi connectivity index (χ1n) is 3.46. The normalized spacial score (nSPS) is 12.6. The second kappa shape index (κ2) is 4.05. The lowest BCUT2D eigenvalue weighted by Crippen LogP contribution is -1.97. The second-order valence-corrected chi connectivity index (χ2v) is 4.64. The van der Waals surface area contributed by atoms with Crippen molar-refractivity contribution in [1.82, 2.24) is 0 Å². The van der Waals surface area contributed by atoms with Gasteiger partial charge in [-0.3, -0.25) is 0 Å². The van der Waals surface area contributed by atoms with E-state index in [1.165, 1.54) is 18.4 Å². The monoisotopic (exact) mass is 248 g/mol. The van der Waals surface area contributed by atoms with Gasteiger partial charge in [0, 0.05) is 4.83 Å². The Labute approximate surface area is 83.7 Å². The Morgan fingerprint density at radius 1 is 1.75 bits per heavy atom. The number of hydrogen-bond donors (Lipinski definition) is 0. The van der Waals surface area contributed by atoms with Crippen molar-refractivity contribution in [3.8, 4) is 0 Å². The lowest BCUT2D eigenvalue weighted by atomic mass is 10.2. The number of esters is 1. The van der Waals surface area contributed by atoms with Crippen molar-refractivity contribution in [2.75, 3.05) is 7.11 Å². The SMILES string of the molecule is COC(=O)c1cc(C(C)Br)cs1. The molecular weight excluding hydrogens is 240 g/mol. The molecule has 12 heavy (non-hydrogen) atoms. The Hall–Kier alpha value is -0.350. The van der Waals surface area contributed by atoms with E-state index in [9.17, 15) is 4.79 Å². The summed E-state index contributed by atoms with van der Waals surface area (Å²) in [6, 6.07) is 1.84. The topological polar surface area (TPSA) is 26.3 Å². The first kappa shape index (κ1) is 9.74. The maximum absolute atomic E-state index is 11.0. The lowest BCUT2D eigenvalue weighted by Gasteiger charge is -1.95. The smallest absolute Gasteiger partial charge is 0.348 e. The van der Waals surface area contributed by atoms with Gasteiger partial charge in [-0.05, 0) is 23.9 Å². The molecule has 0 saturated heterocycles. The third kappa shape index (κ3) is 2.08. The van der Waals surface area contributed by atoms with Crippen molar-refractivity contribution >= 4 is 33.2 Å². The Bertz CT molecular complexity index is 280. The number of methoxy groups -OCH3 is 1. The summed E-state index contributed by atoms with van der Waals surface area (Å²) in [4.78, 5) is 12.0. The van der Waals surface area contributed by atoms with Gasteiger partial charge in [0.2, 0.25) is 0 Å². The van der Waals surface area contributed by atoms with E-state index in [1.54, 1.807) is 0 Å². The molecule has 0 radical (unpaired) electrons. The Balaban J connectivity index is 2.84. The fraction of sp³-hybridized carbons (Fsp3) is 0.375. The molecule has 1 unspecified atom stereocenters. The maximum atomic E-state index is 11.0. The number of carbonyl (C=O) groups is 1. The fourth-order valence-corrected chi connectivity index (χ4v) is 2.13. The zero-order valence-corrected chi connectivity index (χ0v) is 9.24. The molecule has 0 amide bonds. The van der Waals surface area contributed by atoms with E-state index in [0.717, 1.165) is 5.56 Å². The van der Waals surface area contributed by atoms with Gasteiger partial charge in [-0.2, -0.15) is 0 Å². The number of halogens is 1. The summed E-state index contributed by atoms with van der Waals surface area (Å²) < 4.78 is 4.59. The maximum Gasteiger partial charge on any atom is 0.348 e. The minimum Gasteiger partial charge on any atom is -0.465 e. The van der Waals surface area contributed by atoms with E-state index in [-0.39, 0.29) is 10.8 Å². The van der Waals surface area contributed by atoms with Crippen molar-refractivity contribution in [1.29, 1.82) is 0 Å². The van der Waals surface area contributed by atoms with Crippen LogP contribution in [0.5, 0.6) is 0 Å². The van der Waals surface area contributed by atoms with Gasteiger partial charge < -0.3 is 4.74 Å². The summed E-state index contributed by atoms with van der Waals surface area (Å²) in [5, 5.41) is 1.95. The van der Waals surface area contributed by atoms with Crippen LogP contribution in [0, 0.1) is 0 Å². The van der Waals surface area contributed by atoms with E-state index >= 15 is 0 Å². The highest BCUT2D eigenvalue weighted by molar-refractivity contribution is 9.09. The molecule has 2 nitrogen and oxygen atoms in total. The summed E-state index contributed by atoms with van der Waals surface area (Å²) in [5.74, 6) is -0.264. The number of ether oxygens (including phenoxy) is 1. The quantitative estimate of drug-likeness (QED) is 0.595. The zero-order valence-electron chi connectivity index (χ0n) is 6.83. The predicted molar refractivity (Wildman–Crippen MR) is 53.0 cm³/mol. The zero-order chi connectivity index (χ0) is 9.14. The van der Waals surface area contributed by atoms with Crippen molar-refractivity contribution in [3.63, 3.8) is 0 Å². The molecule has 0 saturated carbocycles. The highest BCUT2D eigenvalue weighted by atomic mass is 79.9. The molecular formula is C8H9BrO2S.